The first-order chi connectivity index (χ1) is 14.1. The number of anilines is 1. The van der Waals surface area contributed by atoms with Crippen molar-refractivity contribution in [1.82, 2.24) is 9.97 Å². The van der Waals surface area contributed by atoms with Crippen molar-refractivity contribution < 1.29 is 9.59 Å². The Balaban J connectivity index is 1.68. The summed E-state index contributed by atoms with van der Waals surface area (Å²) in [5.74, 6) is 0.632. The second kappa shape index (κ2) is 10.4. The Kier molecular flexibility index (Phi) is 7.62. The zero-order valence-corrected chi connectivity index (χ0v) is 19.1. The normalized spacial score (nSPS) is 11.7. The first kappa shape index (κ1) is 21.3. The zero-order chi connectivity index (χ0) is 20.6. The Labute approximate surface area is 180 Å². The molecule has 0 unspecified atom stereocenters. The fourth-order valence-corrected chi connectivity index (χ4v) is 6.76. The molecule has 8 heteroatoms. The van der Waals surface area contributed by atoms with E-state index >= 15 is 0 Å². The summed E-state index contributed by atoms with van der Waals surface area (Å²) in [5.41, 5.74) is 3.39. The van der Waals surface area contributed by atoms with E-state index in [1.54, 1.807) is 23.9 Å². The molecule has 3 aromatic rings. The van der Waals surface area contributed by atoms with E-state index in [1.807, 2.05) is 61.0 Å². The van der Waals surface area contributed by atoms with Crippen LogP contribution >= 0.6 is 23.1 Å². The van der Waals surface area contributed by atoms with Gasteiger partial charge in [-0.2, -0.15) is 11.8 Å². The highest BCUT2D eigenvalue weighted by Gasteiger charge is 2.24. The quantitative estimate of drug-likeness (QED) is 0.495. The molecular weight excluding hydrogens is 418 g/mol. The van der Waals surface area contributed by atoms with Gasteiger partial charge in [-0.25, -0.2) is 4.98 Å². The van der Waals surface area contributed by atoms with Crippen molar-refractivity contribution in [2.75, 3.05) is 17.3 Å². The number of carbonyl (C=O) groups is 2. The molecular formula is C21H23N3O2S2Si. The number of thioether (sulfide) groups is 1. The first-order valence-electron chi connectivity index (χ1n) is 9.25. The average Bonchev–Trinajstić information content (AvgIpc) is 3.20. The lowest BCUT2D eigenvalue weighted by Crippen LogP contribution is -2.47. The molecule has 0 saturated heterocycles. The largest absolute Gasteiger partial charge is 0.372 e. The molecule has 2 aromatic carbocycles. The standard InChI is InChI=1S/C21H23N3O2S2Si/c1-15-8-10-17(11-9-15)19(25)24-29(13-12-27-2)21(26)23-20-22-18(14-28-20)16-6-4-3-5-7-16/h3-11,14,29H,12-13H2,1-2H3,(H,24,25)(H,22,23,26)/t29-/m0/s1. The van der Waals surface area contributed by atoms with Crippen LogP contribution in [-0.2, 0) is 0 Å². The number of aromatic nitrogens is 1. The average molecular weight is 442 g/mol. The second-order valence-electron chi connectivity index (χ2n) is 6.57. The first-order valence-corrected chi connectivity index (χ1v) is 13.5. The van der Waals surface area contributed by atoms with Crippen molar-refractivity contribution in [1.29, 1.82) is 0 Å². The van der Waals surface area contributed by atoms with Gasteiger partial charge in [0.15, 0.2) is 5.13 Å². The number of benzene rings is 2. The van der Waals surface area contributed by atoms with E-state index in [9.17, 15) is 9.59 Å². The van der Waals surface area contributed by atoms with Crippen molar-refractivity contribution in [3.8, 4) is 11.3 Å². The summed E-state index contributed by atoms with van der Waals surface area (Å²) >= 11 is 3.06. The Morgan fingerprint density at radius 3 is 2.52 bits per heavy atom. The molecule has 0 saturated carbocycles. The van der Waals surface area contributed by atoms with Crippen LogP contribution in [0.2, 0.25) is 6.04 Å². The van der Waals surface area contributed by atoms with E-state index in [0.29, 0.717) is 16.7 Å². The fraction of sp³-hybridized carbons (Fsp3) is 0.190. The summed E-state index contributed by atoms with van der Waals surface area (Å²) in [6.45, 7) is 1.98. The molecule has 2 N–H and O–H groups in total. The third-order valence-corrected chi connectivity index (χ3v) is 8.42. The highest BCUT2D eigenvalue weighted by atomic mass is 32.2. The highest BCUT2D eigenvalue weighted by Crippen LogP contribution is 2.24. The van der Waals surface area contributed by atoms with Crippen LogP contribution in [0.5, 0.6) is 0 Å². The van der Waals surface area contributed by atoms with Crippen LogP contribution in [0.1, 0.15) is 15.9 Å². The minimum Gasteiger partial charge on any atom is -0.372 e. The van der Waals surface area contributed by atoms with Crippen molar-refractivity contribution in [2.45, 2.75) is 13.0 Å². The molecule has 0 bridgehead atoms. The molecule has 0 aliphatic heterocycles. The van der Waals surface area contributed by atoms with E-state index in [0.717, 1.165) is 22.6 Å². The highest BCUT2D eigenvalue weighted by molar-refractivity contribution is 7.98. The summed E-state index contributed by atoms with van der Waals surface area (Å²) in [6, 6.07) is 17.9. The van der Waals surface area contributed by atoms with Crippen molar-refractivity contribution >= 4 is 48.6 Å². The number of rotatable bonds is 8. The van der Waals surface area contributed by atoms with Gasteiger partial charge in [0.05, 0.1) is 5.69 Å². The maximum absolute atomic E-state index is 12.9. The number of carbonyl (C=O) groups excluding carboxylic acids is 2. The van der Waals surface area contributed by atoms with E-state index in [-0.39, 0.29) is 11.4 Å². The summed E-state index contributed by atoms with van der Waals surface area (Å²) in [7, 11) is -2.22. The second-order valence-corrected chi connectivity index (χ2v) is 10.9. The molecule has 150 valence electrons. The lowest BCUT2D eigenvalue weighted by Gasteiger charge is -2.15. The van der Waals surface area contributed by atoms with Crippen molar-refractivity contribution in [3.05, 3.63) is 71.1 Å². The van der Waals surface area contributed by atoms with E-state index in [2.05, 4.69) is 15.3 Å². The number of hydrogen-bond donors (Lipinski definition) is 2. The summed E-state index contributed by atoms with van der Waals surface area (Å²) in [6.07, 6.45) is 2.00. The number of nitrogens with zero attached hydrogens (tertiary/aromatic N) is 1. The van der Waals surface area contributed by atoms with Gasteiger partial charge in [0.25, 0.3) is 0 Å². The molecule has 0 spiro atoms. The smallest absolute Gasteiger partial charge is 0.244 e. The van der Waals surface area contributed by atoms with Gasteiger partial charge >= 0.3 is 0 Å². The van der Waals surface area contributed by atoms with Crippen LogP contribution in [0, 0.1) is 6.92 Å². The Morgan fingerprint density at radius 1 is 1.10 bits per heavy atom. The molecule has 1 heterocycles. The van der Waals surface area contributed by atoms with Crippen LogP contribution in [0.15, 0.2) is 60.0 Å². The molecule has 0 aliphatic rings. The number of amides is 2. The van der Waals surface area contributed by atoms with Gasteiger partial charge in [-0.1, -0.05) is 48.0 Å². The van der Waals surface area contributed by atoms with Crippen LogP contribution in [-0.4, -0.2) is 37.4 Å². The Hall–Kier alpha value is -2.42. The van der Waals surface area contributed by atoms with Gasteiger partial charge < -0.3 is 10.3 Å². The molecule has 1 aromatic heterocycles. The molecule has 29 heavy (non-hydrogen) atoms. The van der Waals surface area contributed by atoms with Crippen molar-refractivity contribution in [3.63, 3.8) is 0 Å². The van der Waals surface area contributed by atoms with Crippen LogP contribution < -0.4 is 10.3 Å². The molecule has 0 fully saturated rings. The van der Waals surface area contributed by atoms with E-state index in [4.69, 9.17) is 0 Å². The number of hydrogen-bond acceptors (Lipinski definition) is 5. The zero-order valence-electron chi connectivity index (χ0n) is 16.3. The van der Waals surface area contributed by atoms with Gasteiger partial charge in [-0.05, 0) is 37.1 Å². The molecule has 2 amide bonds. The lowest BCUT2D eigenvalue weighted by molar-refractivity contribution is 0.0979. The molecule has 0 radical (unpaired) electrons. The minimum atomic E-state index is -2.22. The van der Waals surface area contributed by atoms with E-state index < -0.39 is 8.96 Å². The van der Waals surface area contributed by atoms with Crippen molar-refractivity contribution in [2.24, 2.45) is 0 Å². The third-order valence-electron chi connectivity index (χ3n) is 4.35. The van der Waals surface area contributed by atoms with Gasteiger partial charge in [-0.15, -0.1) is 11.3 Å². The van der Waals surface area contributed by atoms with Gasteiger partial charge in [0, 0.05) is 16.5 Å². The maximum Gasteiger partial charge on any atom is 0.244 e. The molecule has 5 nitrogen and oxygen atoms in total. The number of nitrogens with one attached hydrogen (secondary N) is 2. The lowest BCUT2D eigenvalue weighted by atomic mass is 10.1. The van der Waals surface area contributed by atoms with Gasteiger partial charge in [0.1, 0.15) is 0 Å². The summed E-state index contributed by atoms with van der Waals surface area (Å²) < 4.78 is 0. The summed E-state index contributed by atoms with van der Waals surface area (Å²) in [5, 5.41) is 5.39. The Morgan fingerprint density at radius 2 is 1.83 bits per heavy atom. The topological polar surface area (TPSA) is 71.1 Å². The Bertz CT molecular complexity index is 962. The predicted octanol–water partition coefficient (Wildman–Crippen LogP) is 4.75. The molecule has 1 atom stereocenters. The monoisotopic (exact) mass is 441 g/mol. The minimum absolute atomic E-state index is 0.117. The van der Waals surface area contributed by atoms with Gasteiger partial charge in [-0.3, -0.25) is 9.59 Å². The fourth-order valence-electron chi connectivity index (χ4n) is 2.72. The summed E-state index contributed by atoms with van der Waals surface area (Å²) in [4.78, 5) is 33.0. The molecule has 3 rings (SSSR count). The van der Waals surface area contributed by atoms with E-state index in [1.165, 1.54) is 11.3 Å². The number of aryl methyl sites for hydroxylation is 1. The third kappa shape index (κ3) is 6.03. The molecule has 0 aliphatic carbocycles. The van der Waals surface area contributed by atoms with Crippen LogP contribution in [0.25, 0.3) is 11.3 Å². The van der Waals surface area contributed by atoms with Crippen LogP contribution in [0.4, 0.5) is 9.93 Å². The van der Waals surface area contributed by atoms with Gasteiger partial charge in [0.2, 0.25) is 20.4 Å². The van der Waals surface area contributed by atoms with Crippen LogP contribution in [0.3, 0.4) is 0 Å². The maximum atomic E-state index is 12.9. The SMILES string of the molecule is CSCC[Si@H](NC(=O)c1ccc(C)cc1)C(=O)Nc1nc(-c2ccccc2)cs1. The predicted molar refractivity (Wildman–Crippen MR) is 126 cm³/mol. The number of thiazole rings is 1.